The highest BCUT2D eigenvalue weighted by atomic mass is 35.5. The van der Waals surface area contributed by atoms with E-state index in [0.717, 1.165) is 0 Å². The quantitative estimate of drug-likeness (QED) is 0.735. The number of hydrogen-bond donors (Lipinski definition) is 3. The number of methoxy groups -OCH3 is 1. The van der Waals surface area contributed by atoms with Crippen molar-refractivity contribution in [2.24, 2.45) is 0 Å². The van der Waals surface area contributed by atoms with Crippen LogP contribution in [-0.2, 0) is 9.53 Å². The molecule has 0 bridgehead atoms. The lowest BCUT2D eigenvalue weighted by atomic mass is 9.91. The normalized spacial score (nSPS) is 15.8. The van der Waals surface area contributed by atoms with Gasteiger partial charge in [-0.1, -0.05) is 29.8 Å². The molecule has 1 saturated heterocycles. The Balaban J connectivity index is 1.76. The average molecular weight is 388 g/mol. The number of benzene rings is 2. The van der Waals surface area contributed by atoms with Crippen LogP contribution in [0.3, 0.4) is 0 Å². The Morgan fingerprint density at radius 2 is 1.74 bits per heavy atom. The lowest BCUT2D eigenvalue weighted by Crippen LogP contribution is -2.51. The molecule has 0 radical (unpaired) electrons. The summed E-state index contributed by atoms with van der Waals surface area (Å²) in [5.41, 5.74) is 0.589. The van der Waals surface area contributed by atoms with E-state index in [1.165, 1.54) is 0 Å². The largest absolute Gasteiger partial charge is 0.368 e. The predicted molar refractivity (Wildman–Crippen MR) is 106 cm³/mol. The van der Waals surface area contributed by atoms with Gasteiger partial charge in [0.25, 0.3) is 11.8 Å². The molecule has 2 aromatic rings. The third-order valence-corrected chi connectivity index (χ3v) is 5.05. The summed E-state index contributed by atoms with van der Waals surface area (Å²) in [6.45, 7) is 1.43. The van der Waals surface area contributed by atoms with E-state index in [-0.39, 0.29) is 17.4 Å². The van der Waals surface area contributed by atoms with Crippen molar-refractivity contribution in [1.29, 1.82) is 0 Å². The van der Waals surface area contributed by atoms with Crippen LogP contribution in [-0.4, -0.2) is 37.6 Å². The summed E-state index contributed by atoms with van der Waals surface area (Å²) in [6, 6.07) is 13.9. The van der Waals surface area contributed by atoms with E-state index in [0.29, 0.717) is 42.3 Å². The summed E-state index contributed by atoms with van der Waals surface area (Å²) in [7, 11) is 1.55. The Bertz CT molecular complexity index is 820. The smallest absolute Gasteiger partial charge is 0.257 e. The zero-order valence-electron chi connectivity index (χ0n) is 15.0. The second kappa shape index (κ2) is 8.52. The van der Waals surface area contributed by atoms with Crippen molar-refractivity contribution in [2.75, 3.05) is 30.8 Å². The summed E-state index contributed by atoms with van der Waals surface area (Å²) in [6.07, 6.45) is 1.18. The SMILES string of the molecule is COC1(C(=O)Nc2ccc(Cl)c(C(=O)Nc3ccccc3)c2)CCNCC1. The molecular weight excluding hydrogens is 366 g/mol. The van der Waals surface area contributed by atoms with E-state index in [4.69, 9.17) is 16.3 Å². The molecule has 3 N–H and O–H groups in total. The fourth-order valence-corrected chi connectivity index (χ4v) is 3.30. The van der Waals surface area contributed by atoms with E-state index in [9.17, 15) is 9.59 Å². The first-order valence-electron chi connectivity index (χ1n) is 8.77. The van der Waals surface area contributed by atoms with Crippen molar-refractivity contribution in [3.63, 3.8) is 0 Å². The van der Waals surface area contributed by atoms with Gasteiger partial charge in [0.05, 0.1) is 10.6 Å². The lowest BCUT2D eigenvalue weighted by molar-refractivity contribution is -0.140. The number of ether oxygens (including phenoxy) is 1. The molecule has 2 aromatic carbocycles. The Morgan fingerprint density at radius 3 is 2.41 bits per heavy atom. The predicted octanol–water partition coefficient (Wildman–Crippen LogP) is 3.30. The molecule has 0 atom stereocenters. The minimum atomic E-state index is -0.864. The highest BCUT2D eigenvalue weighted by Gasteiger charge is 2.39. The lowest BCUT2D eigenvalue weighted by Gasteiger charge is -2.34. The maximum absolute atomic E-state index is 12.8. The second-order valence-electron chi connectivity index (χ2n) is 6.42. The van der Waals surface area contributed by atoms with Crippen LogP contribution in [0.2, 0.25) is 5.02 Å². The van der Waals surface area contributed by atoms with Crippen LogP contribution in [0.15, 0.2) is 48.5 Å². The van der Waals surface area contributed by atoms with Gasteiger partial charge in [0, 0.05) is 18.5 Å². The molecule has 1 fully saturated rings. The van der Waals surface area contributed by atoms with Crippen molar-refractivity contribution in [3.05, 3.63) is 59.1 Å². The van der Waals surface area contributed by atoms with Crippen LogP contribution in [0, 0.1) is 0 Å². The molecule has 1 heterocycles. The Labute approximate surface area is 163 Å². The zero-order chi connectivity index (χ0) is 19.3. The first kappa shape index (κ1) is 19.4. The maximum atomic E-state index is 12.8. The highest BCUT2D eigenvalue weighted by Crippen LogP contribution is 2.26. The molecular formula is C20H22ClN3O3. The second-order valence-corrected chi connectivity index (χ2v) is 6.82. The molecule has 0 aromatic heterocycles. The number of carbonyl (C=O) groups excluding carboxylic acids is 2. The summed E-state index contributed by atoms with van der Waals surface area (Å²) in [4.78, 5) is 25.3. The fourth-order valence-electron chi connectivity index (χ4n) is 3.10. The first-order valence-corrected chi connectivity index (χ1v) is 9.15. The first-order chi connectivity index (χ1) is 13.0. The number of anilines is 2. The number of para-hydroxylation sites is 1. The Morgan fingerprint density at radius 1 is 1.04 bits per heavy atom. The molecule has 2 amide bonds. The van der Waals surface area contributed by atoms with Gasteiger partial charge in [0.2, 0.25) is 0 Å². The highest BCUT2D eigenvalue weighted by molar-refractivity contribution is 6.34. The number of amides is 2. The molecule has 1 aliphatic heterocycles. The molecule has 0 unspecified atom stereocenters. The molecule has 1 aliphatic rings. The summed E-state index contributed by atoms with van der Waals surface area (Å²) < 4.78 is 5.54. The van der Waals surface area contributed by atoms with Crippen molar-refractivity contribution in [1.82, 2.24) is 5.32 Å². The van der Waals surface area contributed by atoms with Crippen molar-refractivity contribution in [3.8, 4) is 0 Å². The molecule has 0 aliphatic carbocycles. The molecule has 6 nitrogen and oxygen atoms in total. The van der Waals surface area contributed by atoms with Gasteiger partial charge in [-0.3, -0.25) is 9.59 Å². The van der Waals surface area contributed by atoms with E-state index >= 15 is 0 Å². The monoisotopic (exact) mass is 387 g/mol. The van der Waals surface area contributed by atoms with Gasteiger partial charge in [0.1, 0.15) is 5.60 Å². The Hall–Kier alpha value is -2.41. The zero-order valence-corrected chi connectivity index (χ0v) is 15.8. The number of halogens is 1. The van der Waals surface area contributed by atoms with Crippen molar-refractivity contribution in [2.45, 2.75) is 18.4 Å². The Kier molecular flexibility index (Phi) is 6.11. The summed E-state index contributed by atoms with van der Waals surface area (Å²) >= 11 is 6.19. The molecule has 142 valence electrons. The number of carbonyl (C=O) groups is 2. The van der Waals surface area contributed by atoms with E-state index in [2.05, 4.69) is 16.0 Å². The number of nitrogens with one attached hydrogen (secondary N) is 3. The van der Waals surface area contributed by atoms with Gasteiger partial charge >= 0.3 is 0 Å². The van der Waals surface area contributed by atoms with Gasteiger partial charge in [-0.15, -0.1) is 0 Å². The van der Waals surface area contributed by atoms with Crippen molar-refractivity contribution >= 4 is 34.8 Å². The van der Waals surface area contributed by atoms with E-state index in [1.807, 2.05) is 18.2 Å². The van der Waals surface area contributed by atoms with Gasteiger partial charge in [0.15, 0.2) is 0 Å². The standard InChI is InChI=1S/C20H22ClN3O3/c1-27-20(9-11-22-12-10-20)19(26)24-15-7-8-17(21)16(13-15)18(25)23-14-5-3-2-4-6-14/h2-8,13,22H,9-12H2,1H3,(H,23,25)(H,24,26). The number of hydrogen-bond acceptors (Lipinski definition) is 4. The summed E-state index contributed by atoms with van der Waals surface area (Å²) in [5.74, 6) is -0.561. The molecule has 3 rings (SSSR count). The van der Waals surface area contributed by atoms with Crippen LogP contribution < -0.4 is 16.0 Å². The minimum Gasteiger partial charge on any atom is -0.368 e. The van der Waals surface area contributed by atoms with Crippen LogP contribution in [0.1, 0.15) is 23.2 Å². The van der Waals surface area contributed by atoms with Crippen LogP contribution in [0.25, 0.3) is 0 Å². The van der Waals surface area contributed by atoms with E-state index in [1.54, 1.807) is 37.4 Å². The van der Waals surface area contributed by atoms with Crippen LogP contribution in [0.4, 0.5) is 11.4 Å². The third-order valence-electron chi connectivity index (χ3n) is 4.72. The van der Waals surface area contributed by atoms with Crippen molar-refractivity contribution < 1.29 is 14.3 Å². The molecule has 0 saturated carbocycles. The van der Waals surface area contributed by atoms with Crippen LogP contribution >= 0.6 is 11.6 Å². The van der Waals surface area contributed by atoms with Gasteiger partial charge < -0.3 is 20.7 Å². The van der Waals surface area contributed by atoms with Gasteiger partial charge in [-0.05, 0) is 56.3 Å². The van der Waals surface area contributed by atoms with E-state index < -0.39 is 5.60 Å². The number of rotatable bonds is 5. The maximum Gasteiger partial charge on any atom is 0.257 e. The van der Waals surface area contributed by atoms with Crippen LogP contribution in [0.5, 0.6) is 0 Å². The molecule has 27 heavy (non-hydrogen) atoms. The summed E-state index contributed by atoms with van der Waals surface area (Å²) in [5, 5.41) is 9.18. The topological polar surface area (TPSA) is 79.5 Å². The molecule has 0 spiro atoms. The fraction of sp³-hybridized carbons (Fsp3) is 0.300. The van der Waals surface area contributed by atoms with Gasteiger partial charge in [-0.25, -0.2) is 0 Å². The average Bonchev–Trinajstić information content (AvgIpc) is 2.70. The molecule has 7 heteroatoms. The number of piperidine rings is 1. The van der Waals surface area contributed by atoms with Gasteiger partial charge in [-0.2, -0.15) is 0 Å². The third kappa shape index (κ3) is 4.47. The minimum absolute atomic E-state index is 0.219.